The van der Waals surface area contributed by atoms with Gasteiger partial charge in [-0.2, -0.15) is 21.9 Å². The van der Waals surface area contributed by atoms with Gasteiger partial charge in [0.1, 0.15) is 16.3 Å². The highest BCUT2D eigenvalue weighted by molar-refractivity contribution is 7.86. The molecule has 0 fully saturated rings. The molecule has 152 valence electrons. The summed E-state index contributed by atoms with van der Waals surface area (Å²) in [6, 6.07) is 11.1. The van der Waals surface area contributed by atoms with Crippen molar-refractivity contribution in [2.45, 2.75) is 10.6 Å². The summed E-state index contributed by atoms with van der Waals surface area (Å²) < 4.78 is 63.6. The number of hydrogen-bond acceptors (Lipinski definition) is 8. The highest BCUT2D eigenvalue weighted by Gasteiger charge is 2.22. The van der Waals surface area contributed by atoms with E-state index in [9.17, 15) is 26.5 Å². The van der Waals surface area contributed by atoms with E-state index in [1.165, 1.54) is 42.5 Å². The van der Waals surface area contributed by atoms with Gasteiger partial charge in [0.2, 0.25) is 0 Å². The number of azo groups is 1. The van der Waals surface area contributed by atoms with Gasteiger partial charge in [-0.25, -0.2) is 0 Å². The number of benzene rings is 3. The maximum atomic E-state index is 11.7. The van der Waals surface area contributed by atoms with Gasteiger partial charge in [0.15, 0.2) is 5.75 Å². The van der Waals surface area contributed by atoms with Gasteiger partial charge in [-0.1, -0.05) is 18.2 Å². The fourth-order valence-electron chi connectivity index (χ4n) is 2.63. The fourth-order valence-corrected chi connectivity index (χ4v) is 3.90. The number of phenolic OH excluding ortho intramolecular Hbond substituents is 1. The van der Waals surface area contributed by atoms with E-state index in [-0.39, 0.29) is 11.1 Å². The zero-order valence-corrected chi connectivity index (χ0v) is 16.2. The Labute approximate surface area is 165 Å². The van der Waals surface area contributed by atoms with E-state index >= 15 is 0 Å². The molecule has 0 bridgehead atoms. The lowest BCUT2D eigenvalue weighted by Crippen LogP contribution is -2.00. The van der Waals surface area contributed by atoms with Gasteiger partial charge in [0.25, 0.3) is 20.2 Å². The first-order valence-corrected chi connectivity index (χ1v) is 11.0. The zero-order valence-electron chi connectivity index (χ0n) is 14.6. The molecule has 0 amide bonds. The van der Waals surface area contributed by atoms with Crippen molar-refractivity contribution in [1.82, 2.24) is 0 Å². The van der Waals surface area contributed by atoms with Crippen LogP contribution in [0.2, 0.25) is 0 Å². The fraction of sp³-hybridized carbons (Fsp3) is 0.0588. The van der Waals surface area contributed by atoms with Gasteiger partial charge in [-0.3, -0.25) is 9.11 Å². The lowest BCUT2D eigenvalue weighted by molar-refractivity contribution is 0.472. The third-order valence-corrected chi connectivity index (χ3v) is 5.47. The van der Waals surface area contributed by atoms with Crippen molar-refractivity contribution >= 4 is 48.1 Å². The molecule has 0 atom stereocenters. The average Bonchev–Trinajstić information content (AvgIpc) is 2.60. The molecule has 10 nitrogen and oxygen atoms in total. The molecule has 3 aromatic rings. The summed E-state index contributed by atoms with van der Waals surface area (Å²) in [4.78, 5) is -0.640. The molecule has 12 heteroatoms. The Morgan fingerprint density at radius 2 is 1.55 bits per heavy atom. The third kappa shape index (κ3) is 4.86. The number of rotatable bonds is 5. The molecule has 0 heterocycles. The van der Waals surface area contributed by atoms with Crippen molar-refractivity contribution in [2.24, 2.45) is 10.2 Å². The van der Waals surface area contributed by atoms with Crippen molar-refractivity contribution in [3.8, 4) is 5.75 Å². The number of aromatic hydroxyl groups is 1. The second kappa shape index (κ2) is 7.40. The number of phenols is 1. The molecule has 0 saturated carbocycles. The molecule has 29 heavy (non-hydrogen) atoms. The van der Waals surface area contributed by atoms with Gasteiger partial charge in [-0.15, -0.1) is 5.11 Å². The van der Waals surface area contributed by atoms with E-state index in [1.807, 2.05) is 0 Å². The quantitative estimate of drug-likeness (QED) is 0.267. The lowest BCUT2D eigenvalue weighted by Gasteiger charge is -2.09. The van der Waals surface area contributed by atoms with Crippen molar-refractivity contribution in [1.29, 1.82) is 0 Å². The van der Waals surface area contributed by atoms with Gasteiger partial charge in [-0.05, 0) is 41.3 Å². The first-order valence-electron chi connectivity index (χ1n) is 7.92. The number of anilines is 1. The molecule has 0 aliphatic heterocycles. The highest BCUT2D eigenvalue weighted by atomic mass is 32.2. The Morgan fingerprint density at radius 3 is 2.14 bits per heavy atom. The highest BCUT2D eigenvalue weighted by Crippen LogP contribution is 2.41. The maximum absolute atomic E-state index is 11.7. The van der Waals surface area contributed by atoms with E-state index in [4.69, 9.17) is 10.3 Å². The van der Waals surface area contributed by atoms with Crippen LogP contribution in [0.25, 0.3) is 10.8 Å². The predicted octanol–water partition coefficient (Wildman–Crippen LogP) is 3.18. The standard InChI is InChI=1S/C17H15N3O7S2/c18-12-4-3-11-7-15(29(25,26)27)16(17(21)14(11)8-12)20-19-13-5-1-10(2-6-13)9-28(22,23)24/h1-8,21H,9,18H2,(H,22,23,24)(H,25,26,27). The minimum atomic E-state index is -4.73. The molecule has 0 saturated heterocycles. The summed E-state index contributed by atoms with van der Waals surface area (Å²) in [5.74, 6) is -1.11. The van der Waals surface area contributed by atoms with Crippen LogP contribution in [0.5, 0.6) is 5.75 Å². The normalized spacial score (nSPS) is 12.6. The van der Waals surface area contributed by atoms with E-state index in [1.54, 1.807) is 0 Å². The van der Waals surface area contributed by atoms with Gasteiger partial charge in [0.05, 0.1) is 5.69 Å². The monoisotopic (exact) mass is 437 g/mol. The van der Waals surface area contributed by atoms with Gasteiger partial charge in [0, 0.05) is 11.1 Å². The Hall–Kier alpha value is -3.06. The Balaban J connectivity index is 2.08. The van der Waals surface area contributed by atoms with Crippen LogP contribution in [0.15, 0.2) is 63.7 Å². The summed E-state index contributed by atoms with van der Waals surface area (Å²) in [6.45, 7) is 0. The molecular weight excluding hydrogens is 422 g/mol. The van der Waals surface area contributed by atoms with Crippen LogP contribution < -0.4 is 5.73 Å². The van der Waals surface area contributed by atoms with E-state index in [0.29, 0.717) is 16.6 Å². The summed E-state index contributed by atoms with van der Waals surface area (Å²) in [5.41, 5.74) is 6.05. The van der Waals surface area contributed by atoms with Crippen LogP contribution in [0, 0.1) is 0 Å². The molecule has 0 aromatic heterocycles. The molecule has 5 N–H and O–H groups in total. The average molecular weight is 437 g/mol. The Morgan fingerprint density at radius 1 is 0.897 bits per heavy atom. The number of nitrogens with two attached hydrogens (primary N) is 1. The second-order valence-corrected chi connectivity index (χ2v) is 8.96. The second-order valence-electron chi connectivity index (χ2n) is 6.12. The van der Waals surface area contributed by atoms with Crippen LogP contribution in [0.4, 0.5) is 17.1 Å². The van der Waals surface area contributed by atoms with Crippen molar-refractivity contribution in [2.75, 3.05) is 5.73 Å². The van der Waals surface area contributed by atoms with Crippen molar-refractivity contribution in [3.05, 3.63) is 54.1 Å². The van der Waals surface area contributed by atoms with Crippen LogP contribution >= 0.6 is 0 Å². The Kier molecular flexibility index (Phi) is 5.28. The van der Waals surface area contributed by atoms with E-state index in [0.717, 1.165) is 6.07 Å². The predicted molar refractivity (Wildman–Crippen MR) is 106 cm³/mol. The van der Waals surface area contributed by atoms with Crippen LogP contribution in [0.3, 0.4) is 0 Å². The molecule has 3 rings (SSSR count). The van der Waals surface area contributed by atoms with E-state index in [2.05, 4.69) is 10.2 Å². The first-order chi connectivity index (χ1) is 13.4. The SMILES string of the molecule is Nc1ccc2cc(S(=O)(=O)O)c(N=Nc3ccc(CS(=O)(=O)O)cc3)c(O)c2c1. The van der Waals surface area contributed by atoms with Gasteiger partial charge >= 0.3 is 0 Å². The summed E-state index contributed by atoms with van der Waals surface area (Å²) >= 11 is 0. The van der Waals surface area contributed by atoms with Crippen molar-refractivity contribution < 1.29 is 31.0 Å². The van der Waals surface area contributed by atoms with E-state index < -0.39 is 42.3 Å². The topological polar surface area (TPSA) is 180 Å². The molecule has 3 aromatic carbocycles. The smallest absolute Gasteiger partial charge is 0.296 e. The number of fused-ring (bicyclic) bond motifs is 1. The maximum Gasteiger partial charge on any atom is 0.296 e. The van der Waals surface area contributed by atoms with Crippen LogP contribution in [-0.2, 0) is 26.0 Å². The number of hydrogen-bond donors (Lipinski definition) is 4. The van der Waals surface area contributed by atoms with Crippen molar-refractivity contribution in [3.63, 3.8) is 0 Å². The zero-order chi connectivity index (χ0) is 21.4. The summed E-state index contributed by atoms with van der Waals surface area (Å²) in [6.07, 6.45) is 0. The van der Waals surface area contributed by atoms with Gasteiger partial charge < -0.3 is 10.8 Å². The third-order valence-electron chi connectivity index (χ3n) is 3.91. The first kappa shape index (κ1) is 20.7. The molecule has 0 unspecified atom stereocenters. The largest absolute Gasteiger partial charge is 0.505 e. The number of nitrogens with zero attached hydrogens (tertiary/aromatic N) is 2. The molecular formula is C17H15N3O7S2. The molecule has 0 spiro atoms. The van der Waals surface area contributed by atoms with Crippen LogP contribution in [-0.4, -0.2) is 31.0 Å². The summed E-state index contributed by atoms with van der Waals surface area (Å²) in [7, 11) is -8.92. The summed E-state index contributed by atoms with van der Waals surface area (Å²) in [5, 5.41) is 18.6. The lowest BCUT2D eigenvalue weighted by atomic mass is 10.1. The minimum absolute atomic E-state index is 0.206. The Bertz CT molecular complexity index is 1330. The molecule has 0 aliphatic rings. The molecule has 0 aliphatic carbocycles. The minimum Gasteiger partial charge on any atom is -0.505 e. The van der Waals surface area contributed by atoms with Crippen LogP contribution in [0.1, 0.15) is 5.56 Å². The molecule has 0 radical (unpaired) electrons. The number of nitrogen functional groups attached to an aromatic ring is 1.